The van der Waals surface area contributed by atoms with Gasteiger partial charge in [0.15, 0.2) is 0 Å². The van der Waals surface area contributed by atoms with E-state index in [1.165, 1.54) is 0 Å². The number of halogens is 12. The summed E-state index contributed by atoms with van der Waals surface area (Å²) in [5.41, 5.74) is 0. The van der Waals surface area contributed by atoms with E-state index >= 15 is 0 Å². The van der Waals surface area contributed by atoms with E-state index in [-0.39, 0.29) is 0 Å². The molecule has 0 heterocycles. The molecule has 1 aliphatic carbocycles. The number of hydrogen-bond donors (Lipinski definition) is 0. The van der Waals surface area contributed by atoms with Crippen LogP contribution in [-0.4, -0.2) is 30.1 Å². The van der Waals surface area contributed by atoms with Gasteiger partial charge in [0.25, 0.3) is 0 Å². The van der Waals surface area contributed by atoms with Gasteiger partial charge in [0.05, 0.1) is 0 Å². The van der Waals surface area contributed by atoms with Gasteiger partial charge in [-0.1, -0.05) is 0 Å². The lowest BCUT2D eigenvalue weighted by Gasteiger charge is -2.49. The van der Waals surface area contributed by atoms with Crippen LogP contribution in [-0.2, 0) is 0 Å². The van der Waals surface area contributed by atoms with Gasteiger partial charge in [-0.05, 0) is 0 Å². The Morgan fingerprint density at radius 2 is 0.471 bits per heavy atom. The summed E-state index contributed by atoms with van der Waals surface area (Å²) in [4.78, 5) is 0. The summed E-state index contributed by atoms with van der Waals surface area (Å²) < 4.78 is 132. The highest BCUT2D eigenvalue weighted by atomic mass is 19.5. The first-order valence-electron chi connectivity index (χ1n) is 3.27. The van der Waals surface area contributed by atoms with E-state index in [0.717, 1.165) is 0 Å². The Labute approximate surface area is 84.2 Å². The zero-order valence-electron chi connectivity index (χ0n) is 7.04. The second kappa shape index (κ2) is 3.57. The van der Waals surface area contributed by atoms with E-state index < -0.39 is 30.1 Å². The summed E-state index contributed by atoms with van der Waals surface area (Å²) in [6.45, 7) is 0. The first kappa shape index (κ1) is 16.2. The van der Waals surface area contributed by atoms with Gasteiger partial charge in [0.2, 0.25) is 0 Å². The molecule has 12 heteroatoms. The van der Waals surface area contributed by atoms with Crippen LogP contribution in [0.3, 0.4) is 0 Å². The molecule has 0 spiro atoms. The van der Waals surface area contributed by atoms with Crippen LogP contribution in [0.1, 0.15) is 0 Å². The highest BCUT2D eigenvalue weighted by molar-refractivity contribution is 5.22. The molecule has 0 atom stereocenters. The fourth-order valence-corrected chi connectivity index (χ4v) is 0.726. The number of hydrogen-bond acceptors (Lipinski definition) is 0. The molecule has 0 nitrogen and oxygen atoms in total. The molecule has 0 aliphatic heterocycles. The third-order valence-corrected chi connectivity index (χ3v) is 1.58. The highest BCUT2D eigenvalue weighted by Gasteiger charge is 3.01. The van der Waals surface area contributed by atoms with Gasteiger partial charge in [-0.2, -0.15) is 35.1 Å². The minimum atomic E-state index is -5.97. The van der Waals surface area contributed by atoms with Gasteiger partial charge in [-0.25, -0.2) is 0 Å². The Morgan fingerprint density at radius 3 is 0.529 bits per heavy atom. The van der Waals surface area contributed by atoms with Crippen molar-refractivity contribution in [2.24, 2.45) is 0 Å². The topological polar surface area (TPSA) is 0 Å². The lowest BCUT2D eigenvalue weighted by atomic mass is 9.80. The van der Waals surface area contributed by atoms with Crippen LogP contribution in [0.15, 0.2) is 0 Å². The van der Waals surface area contributed by atoms with Crippen molar-refractivity contribution in [3.63, 3.8) is 0 Å². The Bertz CT molecular complexity index is 214. The molecule has 0 bridgehead atoms. The lowest BCUT2D eigenvalue weighted by Crippen LogP contribution is -2.82. The number of alkyl halides is 12. The zero-order chi connectivity index (χ0) is 14.5. The van der Waals surface area contributed by atoms with Gasteiger partial charge in [0, 0.05) is 0 Å². The molecule has 1 fully saturated rings. The fourth-order valence-electron chi connectivity index (χ4n) is 0.726. The summed E-state index contributed by atoms with van der Waals surface area (Å²) in [6.07, 6.45) is -5.50. The van der Waals surface area contributed by atoms with Gasteiger partial charge < -0.3 is 0 Å². The normalized spacial score (nSPS) is 27.5. The highest BCUT2D eigenvalue weighted by Crippen LogP contribution is 2.69. The monoisotopic (exact) mass is 288 g/mol. The first-order chi connectivity index (χ1) is 7.00. The molecule has 0 unspecified atom stereocenters. The molecule has 1 aliphatic rings. The maximum atomic E-state index is 11.6. The van der Waals surface area contributed by atoms with Crippen LogP contribution >= 0.6 is 0 Å². The minimum absolute atomic E-state index is 5.50. The summed E-state index contributed by atoms with van der Waals surface area (Å²) in [6, 6.07) is 0. The molecule has 0 aromatic carbocycles. The van der Waals surface area contributed by atoms with Crippen LogP contribution in [0.5, 0.6) is 0 Å². The number of rotatable bonds is 0. The third kappa shape index (κ3) is 2.12. The maximum Gasteiger partial charge on any atom is 0.559 e. The average Bonchev–Trinajstić information content (AvgIpc) is 1.98. The molecule has 1 rings (SSSR count). The standard InChI is InChI=1S/C4F8.CF4/c5-1(6)2(7,8)4(11,12)3(1,9)10;2-1(3,4)5. The van der Waals surface area contributed by atoms with Crippen LogP contribution in [0.25, 0.3) is 0 Å². The maximum absolute atomic E-state index is 11.6. The van der Waals surface area contributed by atoms with Gasteiger partial charge in [0.1, 0.15) is 0 Å². The molecule has 0 aromatic rings. The second-order valence-electron chi connectivity index (χ2n) is 2.73. The molecule has 17 heavy (non-hydrogen) atoms. The minimum Gasteiger partial charge on any atom is -0.192 e. The quantitative estimate of drug-likeness (QED) is 0.591. The van der Waals surface area contributed by atoms with Gasteiger partial charge >= 0.3 is 30.1 Å². The SMILES string of the molecule is FC(F)(F)F.FC1(F)C(F)(F)C(F)(F)C1(F)F. The molecular formula is C5F12. The van der Waals surface area contributed by atoms with Gasteiger partial charge in [-0.3, -0.25) is 0 Å². The smallest absolute Gasteiger partial charge is 0.192 e. The first-order valence-corrected chi connectivity index (χ1v) is 3.27. The van der Waals surface area contributed by atoms with E-state index in [0.29, 0.717) is 0 Å². The van der Waals surface area contributed by atoms with Crippen molar-refractivity contribution in [1.82, 2.24) is 0 Å². The largest absolute Gasteiger partial charge is 0.559 e. The van der Waals surface area contributed by atoms with Crippen LogP contribution in [0, 0.1) is 0 Å². The molecule has 1 saturated carbocycles. The molecule has 104 valence electrons. The Morgan fingerprint density at radius 1 is 0.412 bits per heavy atom. The van der Waals surface area contributed by atoms with Crippen molar-refractivity contribution < 1.29 is 52.7 Å². The van der Waals surface area contributed by atoms with Crippen molar-refractivity contribution in [2.45, 2.75) is 30.1 Å². The van der Waals surface area contributed by atoms with E-state index in [2.05, 4.69) is 0 Å². The summed E-state index contributed by atoms with van der Waals surface area (Å²) in [5, 5.41) is 0. The summed E-state index contributed by atoms with van der Waals surface area (Å²) in [5.74, 6) is -23.9. The Balaban J connectivity index is 0.000000437. The van der Waals surface area contributed by atoms with Crippen LogP contribution in [0.4, 0.5) is 52.7 Å². The van der Waals surface area contributed by atoms with Crippen molar-refractivity contribution in [2.75, 3.05) is 0 Å². The Kier molecular flexibility index (Phi) is 3.40. The molecular weight excluding hydrogens is 288 g/mol. The third-order valence-electron chi connectivity index (χ3n) is 1.58. The molecule has 0 amide bonds. The second-order valence-corrected chi connectivity index (χ2v) is 2.73. The Hall–Kier alpha value is -0.840. The van der Waals surface area contributed by atoms with Crippen molar-refractivity contribution in [1.29, 1.82) is 0 Å². The summed E-state index contributed by atoms with van der Waals surface area (Å²) in [7, 11) is 0. The van der Waals surface area contributed by atoms with Crippen LogP contribution < -0.4 is 0 Å². The van der Waals surface area contributed by atoms with Crippen LogP contribution in [0.2, 0.25) is 0 Å². The summed E-state index contributed by atoms with van der Waals surface area (Å²) >= 11 is 0. The van der Waals surface area contributed by atoms with E-state index in [1.807, 2.05) is 0 Å². The predicted molar refractivity (Wildman–Crippen MR) is 27.0 cm³/mol. The molecule has 0 N–H and O–H groups in total. The van der Waals surface area contributed by atoms with E-state index in [4.69, 9.17) is 0 Å². The van der Waals surface area contributed by atoms with Crippen molar-refractivity contribution in [3.8, 4) is 0 Å². The van der Waals surface area contributed by atoms with E-state index in [9.17, 15) is 52.7 Å². The average molecular weight is 288 g/mol. The molecule has 0 saturated heterocycles. The predicted octanol–water partition coefficient (Wildman–Crippen LogP) is 4.02. The van der Waals surface area contributed by atoms with Crippen molar-refractivity contribution in [3.05, 3.63) is 0 Å². The van der Waals surface area contributed by atoms with E-state index in [1.54, 1.807) is 0 Å². The fraction of sp³-hybridized carbons (Fsp3) is 1.00. The van der Waals surface area contributed by atoms with Gasteiger partial charge in [-0.15, -0.1) is 17.6 Å². The molecule has 0 radical (unpaired) electrons. The lowest BCUT2D eigenvalue weighted by molar-refractivity contribution is -0.506. The molecule has 0 aromatic heterocycles. The zero-order valence-corrected chi connectivity index (χ0v) is 7.04. The van der Waals surface area contributed by atoms with Crippen molar-refractivity contribution >= 4 is 0 Å².